The van der Waals surface area contributed by atoms with Gasteiger partial charge in [-0.3, -0.25) is 4.79 Å². The van der Waals surface area contributed by atoms with Gasteiger partial charge in [-0.05, 0) is 47.6 Å². The monoisotopic (exact) mass is 250 g/mol. The fourth-order valence-electron chi connectivity index (χ4n) is 1.53. The summed E-state index contributed by atoms with van der Waals surface area (Å²) in [6.07, 6.45) is 0. The average molecular weight is 250 g/mol. The zero-order valence-corrected chi connectivity index (χ0v) is 12.0. The molecule has 0 saturated carbocycles. The Labute approximate surface area is 108 Å². The van der Waals surface area contributed by atoms with Crippen LogP contribution in [0.5, 0.6) is 0 Å². The van der Waals surface area contributed by atoms with Crippen molar-refractivity contribution in [3.63, 3.8) is 0 Å². The van der Waals surface area contributed by atoms with E-state index in [0.29, 0.717) is 5.95 Å². The molecule has 1 aromatic heterocycles. The molecule has 1 amide bonds. The van der Waals surface area contributed by atoms with Gasteiger partial charge in [0.05, 0.1) is 0 Å². The van der Waals surface area contributed by atoms with Gasteiger partial charge in [0, 0.05) is 16.9 Å². The third-order valence-corrected chi connectivity index (χ3v) is 2.22. The summed E-state index contributed by atoms with van der Waals surface area (Å²) in [5, 5.41) is 5.92. The van der Waals surface area contributed by atoms with Crippen molar-refractivity contribution in [3.8, 4) is 0 Å². The van der Waals surface area contributed by atoms with Crippen LogP contribution in [0.25, 0.3) is 0 Å². The molecule has 1 unspecified atom stereocenters. The maximum Gasteiger partial charge on any atom is 0.242 e. The first-order valence-corrected chi connectivity index (χ1v) is 6.08. The molecule has 0 aromatic carbocycles. The van der Waals surface area contributed by atoms with E-state index in [1.165, 1.54) is 0 Å². The average Bonchev–Trinajstić information content (AvgIpc) is 2.12. The number of hydrogen-bond acceptors (Lipinski definition) is 4. The molecule has 0 spiro atoms. The maximum absolute atomic E-state index is 11.9. The van der Waals surface area contributed by atoms with E-state index in [1.807, 2.05) is 40.7 Å². The minimum absolute atomic E-state index is 0.0646. The first kappa shape index (κ1) is 14.4. The SMILES string of the molecule is Cc1cc(C)nc(NC(C)C(=O)NC(C)(C)C)n1. The Balaban J connectivity index is 2.69. The van der Waals surface area contributed by atoms with Crippen molar-refractivity contribution in [1.29, 1.82) is 0 Å². The first-order valence-electron chi connectivity index (χ1n) is 6.08. The number of nitrogens with zero attached hydrogens (tertiary/aromatic N) is 2. The predicted octanol–water partition coefficient (Wildman–Crippen LogP) is 1.81. The van der Waals surface area contributed by atoms with Gasteiger partial charge in [0.1, 0.15) is 6.04 Å². The van der Waals surface area contributed by atoms with Gasteiger partial charge in [-0.1, -0.05) is 0 Å². The second-order valence-electron chi connectivity index (χ2n) is 5.58. The van der Waals surface area contributed by atoms with Crippen LogP contribution in [0.2, 0.25) is 0 Å². The molecule has 5 nitrogen and oxygen atoms in total. The zero-order chi connectivity index (χ0) is 13.9. The number of nitrogens with one attached hydrogen (secondary N) is 2. The minimum Gasteiger partial charge on any atom is -0.350 e. The molecule has 0 bridgehead atoms. The lowest BCUT2D eigenvalue weighted by Crippen LogP contribution is -2.47. The summed E-state index contributed by atoms with van der Waals surface area (Å²) in [6.45, 7) is 11.4. The number of aromatic nitrogens is 2. The largest absolute Gasteiger partial charge is 0.350 e. The quantitative estimate of drug-likeness (QED) is 0.858. The van der Waals surface area contributed by atoms with Crippen molar-refractivity contribution in [2.45, 2.75) is 53.1 Å². The van der Waals surface area contributed by atoms with Gasteiger partial charge in [-0.2, -0.15) is 0 Å². The van der Waals surface area contributed by atoms with Crippen LogP contribution in [-0.4, -0.2) is 27.5 Å². The Morgan fingerprint density at radius 1 is 1.22 bits per heavy atom. The molecule has 0 radical (unpaired) electrons. The Hall–Kier alpha value is -1.65. The second-order valence-corrected chi connectivity index (χ2v) is 5.58. The number of hydrogen-bond donors (Lipinski definition) is 2. The van der Waals surface area contributed by atoms with Gasteiger partial charge in [-0.15, -0.1) is 0 Å². The van der Waals surface area contributed by atoms with Crippen LogP contribution in [0.3, 0.4) is 0 Å². The van der Waals surface area contributed by atoms with Crippen molar-refractivity contribution in [3.05, 3.63) is 17.5 Å². The number of aryl methyl sites for hydroxylation is 2. The summed E-state index contributed by atoms with van der Waals surface area (Å²) < 4.78 is 0. The number of carbonyl (C=O) groups is 1. The third-order valence-electron chi connectivity index (χ3n) is 2.22. The molecule has 1 atom stereocenters. The van der Waals surface area contributed by atoms with Gasteiger partial charge < -0.3 is 10.6 Å². The van der Waals surface area contributed by atoms with Crippen LogP contribution in [0.4, 0.5) is 5.95 Å². The molecular weight excluding hydrogens is 228 g/mol. The molecular formula is C13H22N4O. The highest BCUT2D eigenvalue weighted by Gasteiger charge is 2.19. The number of amides is 1. The van der Waals surface area contributed by atoms with Crippen LogP contribution < -0.4 is 10.6 Å². The highest BCUT2D eigenvalue weighted by Crippen LogP contribution is 2.06. The summed E-state index contributed by atoms with van der Waals surface area (Å²) >= 11 is 0. The summed E-state index contributed by atoms with van der Waals surface area (Å²) in [4.78, 5) is 20.4. The Morgan fingerprint density at radius 3 is 2.17 bits per heavy atom. The van der Waals surface area contributed by atoms with Crippen LogP contribution in [-0.2, 0) is 4.79 Å². The predicted molar refractivity (Wildman–Crippen MR) is 72.5 cm³/mol. The highest BCUT2D eigenvalue weighted by molar-refractivity contribution is 5.84. The fraction of sp³-hybridized carbons (Fsp3) is 0.615. The van der Waals surface area contributed by atoms with E-state index in [-0.39, 0.29) is 17.5 Å². The minimum atomic E-state index is -0.370. The summed E-state index contributed by atoms with van der Waals surface area (Å²) in [6, 6.07) is 1.52. The van der Waals surface area contributed by atoms with Crippen molar-refractivity contribution in [2.24, 2.45) is 0 Å². The molecule has 0 aliphatic carbocycles. The van der Waals surface area contributed by atoms with Gasteiger partial charge >= 0.3 is 0 Å². The van der Waals surface area contributed by atoms with Gasteiger partial charge in [0.25, 0.3) is 0 Å². The fourth-order valence-corrected chi connectivity index (χ4v) is 1.53. The van der Waals surface area contributed by atoms with E-state index >= 15 is 0 Å². The smallest absolute Gasteiger partial charge is 0.242 e. The molecule has 0 aliphatic rings. The maximum atomic E-state index is 11.9. The number of carbonyl (C=O) groups excluding carboxylic acids is 1. The van der Waals surface area contributed by atoms with E-state index in [0.717, 1.165) is 11.4 Å². The van der Waals surface area contributed by atoms with Crippen LogP contribution in [0.1, 0.15) is 39.1 Å². The molecule has 18 heavy (non-hydrogen) atoms. The first-order chi connectivity index (χ1) is 8.17. The standard InChI is InChI=1S/C13H22N4O/c1-8-7-9(2)15-12(14-8)16-10(3)11(18)17-13(4,5)6/h7,10H,1-6H3,(H,17,18)(H,14,15,16). The zero-order valence-electron chi connectivity index (χ0n) is 12.0. The molecule has 5 heteroatoms. The second kappa shape index (κ2) is 5.33. The van der Waals surface area contributed by atoms with E-state index in [2.05, 4.69) is 20.6 Å². The Kier molecular flexibility index (Phi) is 4.27. The molecule has 0 saturated heterocycles. The molecule has 0 fully saturated rings. The van der Waals surface area contributed by atoms with Crippen molar-refractivity contribution in [1.82, 2.24) is 15.3 Å². The summed E-state index contributed by atoms with van der Waals surface area (Å²) in [5.41, 5.74) is 1.53. The lowest BCUT2D eigenvalue weighted by molar-refractivity contribution is -0.122. The van der Waals surface area contributed by atoms with Crippen molar-refractivity contribution in [2.75, 3.05) is 5.32 Å². The molecule has 2 N–H and O–H groups in total. The normalized spacial score (nSPS) is 13.0. The van der Waals surface area contributed by atoms with Gasteiger partial charge in [0.15, 0.2) is 0 Å². The lowest BCUT2D eigenvalue weighted by atomic mass is 10.1. The third kappa shape index (κ3) is 4.69. The summed E-state index contributed by atoms with van der Waals surface area (Å²) in [7, 11) is 0. The summed E-state index contributed by atoms with van der Waals surface area (Å²) in [5.74, 6) is 0.425. The van der Waals surface area contributed by atoms with E-state index in [9.17, 15) is 4.79 Å². The van der Waals surface area contributed by atoms with E-state index in [1.54, 1.807) is 6.92 Å². The Morgan fingerprint density at radius 2 is 1.72 bits per heavy atom. The number of anilines is 1. The molecule has 1 rings (SSSR count). The van der Waals surface area contributed by atoms with Crippen molar-refractivity contribution < 1.29 is 4.79 Å². The number of rotatable bonds is 3. The highest BCUT2D eigenvalue weighted by atomic mass is 16.2. The van der Waals surface area contributed by atoms with Gasteiger partial charge in [-0.25, -0.2) is 9.97 Å². The van der Waals surface area contributed by atoms with Crippen LogP contribution in [0, 0.1) is 13.8 Å². The molecule has 1 heterocycles. The lowest BCUT2D eigenvalue weighted by Gasteiger charge is -2.23. The van der Waals surface area contributed by atoms with Crippen LogP contribution >= 0.6 is 0 Å². The molecule has 100 valence electrons. The van der Waals surface area contributed by atoms with Crippen molar-refractivity contribution >= 4 is 11.9 Å². The van der Waals surface area contributed by atoms with E-state index in [4.69, 9.17) is 0 Å². The van der Waals surface area contributed by atoms with Gasteiger partial charge in [0.2, 0.25) is 11.9 Å². The van der Waals surface area contributed by atoms with Crippen LogP contribution in [0.15, 0.2) is 6.07 Å². The topological polar surface area (TPSA) is 66.9 Å². The molecule has 1 aromatic rings. The Bertz CT molecular complexity index is 417. The molecule has 0 aliphatic heterocycles. The van der Waals surface area contributed by atoms with E-state index < -0.39 is 0 Å².